The Balaban J connectivity index is 2.82. The quantitative estimate of drug-likeness (QED) is 0.634. The van der Waals surface area contributed by atoms with Gasteiger partial charge in [-0.15, -0.1) is 0 Å². The van der Waals surface area contributed by atoms with Gasteiger partial charge in [0.1, 0.15) is 11.4 Å². The van der Waals surface area contributed by atoms with Crippen molar-refractivity contribution in [1.82, 2.24) is 5.32 Å². The maximum Gasteiger partial charge on any atom is 0.412 e. The Morgan fingerprint density at radius 1 is 1.40 bits per heavy atom. The topological polar surface area (TPSA) is 90.8 Å². The smallest absolute Gasteiger partial charge is 0.412 e. The lowest BCUT2D eigenvalue weighted by molar-refractivity contribution is 0.0635. The number of phenols is 1. The first kappa shape index (κ1) is 16.3. The van der Waals surface area contributed by atoms with Gasteiger partial charge in [-0.2, -0.15) is 0 Å². The number of aromatic hydroxyl groups is 1. The van der Waals surface area contributed by atoms with E-state index in [2.05, 4.69) is 10.6 Å². The largest absolute Gasteiger partial charge is 0.508 e. The molecule has 1 rings (SSSR count). The zero-order valence-corrected chi connectivity index (χ0v) is 12.2. The second-order valence-electron chi connectivity index (χ2n) is 5.47. The fourth-order valence-corrected chi connectivity index (χ4v) is 1.62. The van der Waals surface area contributed by atoms with E-state index >= 15 is 0 Å². The van der Waals surface area contributed by atoms with E-state index in [0.717, 1.165) is 0 Å². The van der Waals surface area contributed by atoms with Crippen molar-refractivity contribution in [3.8, 4) is 5.75 Å². The Labute approximate surface area is 118 Å². The number of carbonyl (C=O) groups excluding carboxylic acids is 1. The van der Waals surface area contributed by atoms with Gasteiger partial charge in [0.05, 0.1) is 6.10 Å². The van der Waals surface area contributed by atoms with Crippen molar-refractivity contribution < 1.29 is 19.7 Å². The summed E-state index contributed by atoms with van der Waals surface area (Å²) in [7, 11) is 1.70. The van der Waals surface area contributed by atoms with Crippen molar-refractivity contribution in [3.05, 3.63) is 23.8 Å². The average Bonchev–Trinajstić information content (AvgIpc) is 2.29. The van der Waals surface area contributed by atoms with Crippen molar-refractivity contribution in [3.63, 3.8) is 0 Å². The molecule has 6 heteroatoms. The van der Waals surface area contributed by atoms with Crippen LogP contribution in [0.2, 0.25) is 0 Å². The normalized spacial score (nSPS) is 12.8. The number of phenolic OH excluding ortho intramolecular Hbond substituents is 1. The molecule has 1 unspecified atom stereocenters. The maximum atomic E-state index is 11.6. The lowest BCUT2D eigenvalue weighted by atomic mass is 10.1. The number of carbonyl (C=O) groups is 1. The van der Waals surface area contributed by atoms with Crippen LogP contribution < -0.4 is 10.6 Å². The molecule has 0 aromatic heterocycles. The molecule has 0 heterocycles. The summed E-state index contributed by atoms with van der Waals surface area (Å²) in [6, 6.07) is 4.47. The third-order valence-corrected chi connectivity index (χ3v) is 2.43. The van der Waals surface area contributed by atoms with Crippen molar-refractivity contribution >= 4 is 11.8 Å². The first-order valence-corrected chi connectivity index (χ1v) is 6.38. The highest BCUT2D eigenvalue weighted by atomic mass is 16.6. The Bertz CT molecular complexity index is 469. The predicted molar refractivity (Wildman–Crippen MR) is 76.9 cm³/mol. The van der Waals surface area contributed by atoms with Crippen molar-refractivity contribution in [2.45, 2.75) is 32.5 Å². The number of nitrogens with one attached hydrogen (secondary N) is 2. The molecule has 20 heavy (non-hydrogen) atoms. The van der Waals surface area contributed by atoms with Gasteiger partial charge in [-0.05, 0) is 46.0 Å². The van der Waals surface area contributed by atoms with Gasteiger partial charge >= 0.3 is 6.09 Å². The molecule has 1 amide bonds. The number of likely N-dealkylation sites (N-methyl/N-ethyl adjacent to an activating group) is 1. The number of anilines is 1. The van der Waals surface area contributed by atoms with E-state index in [0.29, 0.717) is 17.8 Å². The minimum absolute atomic E-state index is 0.0255. The number of aliphatic hydroxyl groups is 1. The van der Waals surface area contributed by atoms with Gasteiger partial charge in [0.15, 0.2) is 0 Å². The Hall–Kier alpha value is -1.79. The second-order valence-corrected chi connectivity index (χ2v) is 5.47. The maximum absolute atomic E-state index is 11.6. The lowest BCUT2D eigenvalue weighted by Crippen LogP contribution is -2.27. The molecule has 4 N–H and O–H groups in total. The van der Waals surface area contributed by atoms with Crippen molar-refractivity contribution in [2.75, 3.05) is 18.9 Å². The summed E-state index contributed by atoms with van der Waals surface area (Å²) in [6.07, 6.45) is -1.45. The number of ether oxygens (including phenoxy) is 1. The van der Waals surface area contributed by atoms with Crippen LogP contribution in [0.5, 0.6) is 5.75 Å². The molecule has 0 bridgehead atoms. The second kappa shape index (κ2) is 6.58. The molecular formula is C14H22N2O4. The number of benzene rings is 1. The van der Waals surface area contributed by atoms with Gasteiger partial charge in [-0.3, -0.25) is 5.32 Å². The number of hydrogen-bond donors (Lipinski definition) is 4. The number of rotatable bonds is 4. The zero-order chi connectivity index (χ0) is 15.3. The van der Waals surface area contributed by atoms with E-state index in [1.165, 1.54) is 18.2 Å². The molecule has 1 atom stereocenters. The van der Waals surface area contributed by atoms with Gasteiger partial charge in [0.2, 0.25) is 0 Å². The Morgan fingerprint density at radius 2 is 2.05 bits per heavy atom. The van der Waals surface area contributed by atoms with Gasteiger partial charge in [0, 0.05) is 17.8 Å². The fraction of sp³-hybridized carbons (Fsp3) is 0.500. The Morgan fingerprint density at radius 3 is 2.60 bits per heavy atom. The molecule has 0 saturated heterocycles. The summed E-state index contributed by atoms with van der Waals surface area (Å²) in [4.78, 5) is 11.6. The van der Waals surface area contributed by atoms with Crippen LogP contribution in [-0.2, 0) is 4.74 Å². The van der Waals surface area contributed by atoms with Crippen LogP contribution in [0.4, 0.5) is 10.5 Å². The highest BCUT2D eigenvalue weighted by molar-refractivity contribution is 5.85. The summed E-state index contributed by atoms with van der Waals surface area (Å²) >= 11 is 0. The number of aliphatic hydroxyl groups excluding tert-OH is 1. The highest BCUT2D eigenvalue weighted by Gasteiger charge is 2.17. The van der Waals surface area contributed by atoms with Crippen LogP contribution in [0.25, 0.3) is 0 Å². The monoisotopic (exact) mass is 282 g/mol. The lowest BCUT2D eigenvalue weighted by Gasteiger charge is -2.20. The number of hydrogen-bond acceptors (Lipinski definition) is 5. The average molecular weight is 282 g/mol. The first-order chi connectivity index (χ1) is 9.23. The van der Waals surface area contributed by atoms with E-state index < -0.39 is 17.8 Å². The molecule has 0 aliphatic rings. The molecule has 1 aromatic rings. The molecule has 0 aliphatic heterocycles. The third-order valence-electron chi connectivity index (χ3n) is 2.43. The van der Waals surface area contributed by atoms with Crippen LogP contribution in [0.3, 0.4) is 0 Å². The van der Waals surface area contributed by atoms with Crippen molar-refractivity contribution in [2.24, 2.45) is 0 Å². The van der Waals surface area contributed by atoms with Crippen LogP contribution in [-0.4, -0.2) is 35.5 Å². The van der Waals surface area contributed by atoms with Crippen molar-refractivity contribution in [1.29, 1.82) is 0 Å². The van der Waals surface area contributed by atoms with Gasteiger partial charge in [-0.1, -0.05) is 0 Å². The molecule has 6 nitrogen and oxygen atoms in total. The molecule has 0 spiro atoms. The highest BCUT2D eigenvalue weighted by Crippen LogP contribution is 2.27. The SMILES string of the molecule is CNCC(O)c1cc(NC(=O)OC(C)(C)C)ccc1O. The van der Waals surface area contributed by atoms with Crippen LogP contribution in [0.1, 0.15) is 32.4 Å². The third kappa shape index (κ3) is 5.07. The minimum Gasteiger partial charge on any atom is -0.508 e. The fourth-order valence-electron chi connectivity index (χ4n) is 1.62. The molecule has 0 fully saturated rings. The summed E-state index contributed by atoms with van der Waals surface area (Å²) < 4.78 is 5.13. The van der Waals surface area contributed by atoms with Crippen LogP contribution >= 0.6 is 0 Å². The summed E-state index contributed by atoms with van der Waals surface area (Å²) in [5.41, 5.74) is 0.199. The molecule has 0 aliphatic carbocycles. The predicted octanol–water partition coefficient (Wildman–Crippen LogP) is 1.99. The minimum atomic E-state index is -0.861. The van der Waals surface area contributed by atoms with Gasteiger partial charge < -0.3 is 20.3 Å². The standard InChI is InChI=1S/C14H22N2O4/c1-14(2,3)20-13(19)16-9-5-6-11(17)10(7-9)12(18)8-15-4/h5-7,12,15,17-18H,8H2,1-4H3,(H,16,19). The molecule has 1 aromatic carbocycles. The molecule has 112 valence electrons. The van der Waals surface area contributed by atoms with E-state index in [9.17, 15) is 15.0 Å². The van der Waals surface area contributed by atoms with E-state index in [1.807, 2.05) is 0 Å². The van der Waals surface area contributed by atoms with E-state index in [1.54, 1.807) is 27.8 Å². The zero-order valence-electron chi connectivity index (χ0n) is 12.2. The summed E-state index contributed by atoms with van der Waals surface area (Å²) in [5, 5.41) is 25.0. The first-order valence-electron chi connectivity index (χ1n) is 6.38. The molecular weight excluding hydrogens is 260 g/mol. The summed E-state index contributed by atoms with van der Waals surface area (Å²) in [5.74, 6) is -0.0255. The summed E-state index contributed by atoms with van der Waals surface area (Å²) in [6.45, 7) is 5.60. The Kier molecular flexibility index (Phi) is 5.35. The van der Waals surface area contributed by atoms with E-state index in [4.69, 9.17) is 4.74 Å². The molecule has 0 saturated carbocycles. The number of amides is 1. The molecule has 0 radical (unpaired) electrons. The van der Waals surface area contributed by atoms with Crippen LogP contribution in [0.15, 0.2) is 18.2 Å². The van der Waals surface area contributed by atoms with E-state index in [-0.39, 0.29) is 5.75 Å². The van der Waals surface area contributed by atoms with Gasteiger partial charge in [0.25, 0.3) is 0 Å². The van der Waals surface area contributed by atoms with Gasteiger partial charge in [-0.25, -0.2) is 4.79 Å². The van der Waals surface area contributed by atoms with Crippen LogP contribution in [0, 0.1) is 0 Å².